The summed E-state index contributed by atoms with van der Waals surface area (Å²) in [6, 6.07) is 8.49. The Kier molecular flexibility index (Phi) is 3.65. The number of carbonyl (C=O) groups is 1. The van der Waals surface area contributed by atoms with Crippen LogP contribution in [0.1, 0.15) is 33.7 Å². The maximum Gasteiger partial charge on any atom is 0.343 e. The summed E-state index contributed by atoms with van der Waals surface area (Å²) in [5, 5.41) is 10.8. The van der Waals surface area contributed by atoms with Crippen LogP contribution in [-0.4, -0.2) is 32.1 Å². The first kappa shape index (κ1) is 15.6. The van der Waals surface area contributed by atoms with Crippen LogP contribution < -0.4 is 18.9 Å². The Morgan fingerprint density at radius 1 is 1.12 bits per heavy atom. The first-order valence-corrected chi connectivity index (χ1v) is 7.67. The van der Waals surface area contributed by atoms with Gasteiger partial charge in [0, 0.05) is 5.56 Å². The van der Waals surface area contributed by atoms with Crippen molar-refractivity contribution in [3.8, 4) is 23.0 Å². The number of methoxy groups -OCH3 is 2. The number of aliphatic hydroxyl groups excluding tert-OH is 1. The molecule has 0 saturated carbocycles. The van der Waals surface area contributed by atoms with Gasteiger partial charge in [-0.3, -0.25) is 0 Å². The Balaban J connectivity index is 1.73. The van der Waals surface area contributed by atoms with Crippen LogP contribution in [0, 0.1) is 0 Å². The Morgan fingerprint density at radius 3 is 2.68 bits per heavy atom. The number of benzene rings is 2. The Bertz CT molecular complexity index is 846. The van der Waals surface area contributed by atoms with Crippen LogP contribution in [0.25, 0.3) is 0 Å². The number of rotatable bonds is 4. The first-order chi connectivity index (χ1) is 12.1. The molecule has 2 aromatic rings. The summed E-state index contributed by atoms with van der Waals surface area (Å²) in [5.41, 5.74) is 1.38. The van der Waals surface area contributed by atoms with Gasteiger partial charge in [0.1, 0.15) is 11.7 Å². The second-order valence-corrected chi connectivity index (χ2v) is 5.65. The van der Waals surface area contributed by atoms with Crippen LogP contribution in [0.3, 0.4) is 0 Å². The molecule has 0 radical (unpaired) electrons. The molecule has 2 aliphatic heterocycles. The number of cyclic esters (lactones) is 1. The number of fused-ring (bicyclic) bond motifs is 2. The lowest BCUT2D eigenvalue weighted by Crippen LogP contribution is -2.10. The van der Waals surface area contributed by atoms with E-state index in [1.807, 2.05) is 0 Å². The molecule has 7 heteroatoms. The molecule has 2 atom stereocenters. The Labute approximate surface area is 143 Å². The van der Waals surface area contributed by atoms with Crippen LogP contribution >= 0.6 is 0 Å². The molecule has 0 saturated heterocycles. The van der Waals surface area contributed by atoms with Gasteiger partial charge < -0.3 is 28.8 Å². The molecule has 0 bridgehead atoms. The van der Waals surface area contributed by atoms with Gasteiger partial charge in [-0.1, -0.05) is 12.1 Å². The van der Waals surface area contributed by atoms with E-state index in [9.17, 15) is 9.90 Å². The van der Waals surface area contributed by atoms with Crippen molar-refractivity contribution in [1.29, 1.82) is 0 Å². The largest absolute Gasteiger partial charge is 0.493 e. The van der Waals surface area contributed by atoms with Crippen LogP contribution in [0.15, 0.2) is 30.3 Å². The van der Waals surface area contributed by atoms with Gasteiger partial charge in [-0.05, 0) is 23.8 Å². The van der Waals surface area contributed by atoms with E-state index >= 15 is 0 Å². The summed E-state index contributed by atoms with van der Waals surface area (Å²) in [5.74, 6) is 1.33. The molecule has 7 nitrogen and oxygen atoms in total. The van der Waals surface area contributed by atoms with Gasteiger partial charge in [0.15, 0.2) is 29.1 Å². The van der Waals surface area contributed by atoms with E-state index in [0.29, 0.717) is 34.1 Å². The number of carbonyl (C=O) groups excluding carboxylic acids is 1. The third-order valence-corrected chi connectivity index (χ3v) is 4.35. The fourth-order valence-electron chi connectivity index (χ4n) is 3.13. The van der Waals surface area contributed by atoms with Crippen molar-refractivity contribution in [3.05, 3.63) is 47.0 Å². The number of hydrogen-bond donors (Lipinski definition) is 1. The lowest BCUT2D eigenvalue weighted by Gasteiger charge is -2.19. The topological polar surface area (TPSA) is 83.5 Å². The summed E-state index contributed by atoms with van der Waals surface area (Å²) < 4.78 is 26.5. The quantitative estimate of drug-likeness (QED) is 0.853. The Morgan fingerprint density at radius 2 is 1.92 bits per heavy atom. The molecule has 0 aromatic heterocycles. The molecular formula is C18H16O7. The van der Waals surface area contributed by atoms with Crippen LogP contribution in [-0.2, 0) is 4.74 Å². The number of aliphatic hydroxyl groups is 1. The summed E-state index contributed by atoms with van der Waals surface area (Å²) in [7, 11) is 2.94. The minimum Gasteiger partial charge on any atom is -0.493 e. The standard InChI is InChI=1S/C18H16O7/c1-21-12-6-4-10-14(17(12)22-2)18(20)25-16(10)15(19)9-3-5-11-13(7-9)24-8-23-11/h3-7,15-16,19H,8H2,1-2H3/t15-,16-/m1/s1. The fraction of sp³-hybridized carbons (Fsp3) is 0.278. The van der Waals surface area contributed by atoms with Gasteiger partial charge in [0.05, 0.1) is 14.2 Å². The minimum atomic E-state index is -1.06. The maximum atomic E-state index is 12.3. The van der Waals surface area contributed by atoms with E-state index in [-0.39, 0.29) is 12.4 Å². The van der Waals surface area contributed by atoms with E-state index in [1.54, 1.807) is 30.3 Å². The third-order valence-electron chi connectivity index (χ3n) is 4.35. The summed E-state index contributed by atoms with van der Waals surface area (Å²) in [6.07, 6.45) is -1.90. The summed E-state index contributed by atoms with van der Waals surface area (Å²) in [4.78, 5) is 12.3. The van der Waals surface area contributed by atoms with E-state index in [2.05, 4.69) is 0 Å². The van der Waals surface area contributed by atoms with Gasteiger partial charge in [-0.2, -0.15) is 0 Å². The molecular weight excluding hydrogens is 328 g/mol. The highest BCUT2D eigenvalue weighted by Crippen LogP contribution is 2.47. The van der Waals surface area contributed by atoms with Crippen molar-refractivity contribution in [2.75, 3.05) is 21.0 Å². The van der Waals surface area contributed by atoms with Crippen molar-refractivity contribution >= 4 is 5.97 Å². The van der Waals surface area contributed by atoms with Gasteiger partial charge in [0.25, 0.3) is 0 Å². The number of esters is 1. The predicted molar refractivity (Wildman–Crippen MR) is 85.2 cm³/mol. The van der Waals surface area contributed by atoms with E-state index in [1.165, 1.54) is 14.2 Å². The smallest absolute Gasteiger partial charge is 0.343 e. The van der Waals surface area contributed by atoms with Gasteiger partial charge in [-0.25, -0.2) is 4.79 Å². The molecule has 25 heavy (non-hydrogen) atoms. The highest BCUT2D eigenvalue weighted by Gasteiger charge is 2.40. The SMILES string of the molecule is COc1ccc2c(c1OC)C(=O)O[C@H]2[C@H](O)c1ccc2c(c1)OCO2. The van der Waals surface area contributed by atoms with Gasteiger partial charge in [-0.15, -0.1) is 0 Å². The van der Waals surface area contributed by atoms with Crippen LogP contribution in [0.4, 0.5) is 0 Å². The lowest BCUT2D eigenvalue weighted by molar-refractivity contribution is -0.0103. The zero-order valence-corrected chi connectivity index (χ0v) is 13.6. The first-order valence-electron chi connectivity index (χ1n) is 7.67. The minimum absolute atomic E-state index is 0.146. The van der Waals surface area contributed by atoms with E-state index in [4.69, 9.17) is 23.7 Å². The summed E-state index contributed by atoms with van der Waals surface area (Å²) >= 11 is 0. The zero-order valence-electron chi connectivity index (χ0n) is 13.6. The fourth-order valence-corrected chi connectivity index (χ4v) is 3.13. The molecule has 2 heterocycles. The molecule has 2 aliphatic rings. The zero-order chi connectivity index (χ0) is 17.6. The van der Waals surface area contributed by atoms with Crippen molar-refractivity contribution in [2.24, 2.45) is 0 Å². The Hall–Kier alpha value is -2.93. The lowest BCUT2D eigenvalue weighted by atomic mass is 9.96. The van der Waals surface area contributed by atoms with Crippen molar-refractivity contribution in [1.82, 2.24) is 0 Å². The number of hydrogen-bond acceptors (Lipinski definition) is 7. The molecule has 1 N–H and O–H groups in total. The normalized spacial score (nSPS) is 18.5. The van der Waals surface area contributed by atoms with E-state index in [0.717, 1.165) is 0 Å². The summed E-state index contributed by atoms with van der Waals surface area (Å²) in [6.45, 7) is 0.146. The average Bonchev–Trinajstić information content (AvgIpc) is 3.24. The van der Waals surface area contributed by atoms with Crippen LogP contribution in [0.5, 0.6) is 23.0 Å². The monoisotopic (exact) mass is 344 g/mol. The molecule has 0 aliphatic carbocycles. The molecule has 0 fully saturated rings. The van der Waals surface area contributed by atoms with Crippen molar-refractivity contribution in [3.63, 3.8) is 0 Å². The molecule has 130 valence electrons. The molecule has 0 unspecified atom stereocenters. The highest BCUT2D eigenvalue weighted by molar-refractivity contribution is 5.98. The van der Waals surface area contributed by atoms with E-state index < -0.39 is 18.2 Å². The predicted octanol–water partition coefficient (Wildman–Crippen LogP) is 2.38. The molecule has 0 amide bonds. The van der Waals surface area contributed by atoms with Crippen molar-refractivity contribution in [2.45, 2.75) is 12.2 Å². The van der Waals surface area contributed by atoms with Gasteiger partial charge >= 0.3 is 5.97 Å². The molecule has 0 spiro atoms. The molecule has 2 aromatic carbocycles. The maximum absolute atomic E-state index is 12.3. The van der Waals surface area contributed by atoms with Crippen LogP contribution in [0.2, 0.25) is 0 Å². The number of ether oxygens (including phenoxy) is 5. The molecule has 4 rings (SSSR count). The highest BCUT2D eigenvalue weighted by atomic mass is 16.7. The van der Waals surface area contributed by atoms with Gasteiger partial charge in [0.2, 0.25) is 6.79 Å². The van der Waals surface area contributed by atoms with Crippen molar-refractivity contribution < 1.29 is 33.6 Å². The second kappa shape index (κ2) is 5.86. The average molecular weight is 344 g/mol. The second-order valence-electron chi connectivity index (χ2n) is 5.65. The third kappa shape index (κ3) is 2.35.